The minimum atomic E-state index is -0.360. The van der Waals surface area contributed by atoms with Crippen LogP contribution in [0.5, 0.6) is 5.75 Å². The first-order valence-electron chi connectivity index (χ1n) is 8.55. The van der Waals surface area contributed by atoms with Gasteiger partial charge in [-0.15, -0.1) is 0 Å². The number of aryl methyl sites for hydroxylation is 1. The lowest BCUT2D eigenvalue weighted by molar-refractivity contribution is 0.0950. The van der Waals surface area contributed by atoms with Gasteiger partial charge in [0.05, 0.1) is 30.2 Å². The van der Waals surface area contributed by atoms with Crippen LogP contribution in [0, 0.1) is 12.7 Å². The molecule has 0 fully saturated rings. The lowest BCUT2D eigenvalue weighted by Crippen LogP contribution is -2.23. The van der Waals surface area contributed by atoms with Crippen LogP contribution in [0.4, 0.5) is 15.8 Å². The topological polar surface area (TPSA) is 63.2 Å². The maximum Gasteiger partial charge on any atom is 0.253 e. The maximum atomic E-state index is 13.7. The number of ether oxygens (including phenoxy) is 1. The monoisotopic (exact) mass is 399 g/mol. The fourth-order valence-corrected chi connectivity index (χ4v) is 2.79. The van der Waals surface area contributed by atoms with Gasteiger partial charge in [-0.2, -0.15) is 0 Å². The van der Waals surface area contributed by atoms with Crippen LogP contribution in [0.2, 0.25) is 5.02 Å². The van der Waals surface area contributed by atoms with Crippen molar-refractivity contribution in [3.05, 3.63) is 82.4 Å². The molecule has 1 aromatic heterocycles. The summed E-state index contributed by atoms with van der Waals surface area (Å²) in [6.45, 7) is 1.98. The van der Waals surface area contributed by atoms with Crippen LogP contribution in [-0.2, 0) is 6.54 Å². The molecule has 0 aliphatic heterocycles. The standard InChI is InChI=1S/C21H19ClFN3O2/c1-13-7-19(20(28-2)9-17(13)22)26-16-8-15(10-24-12-16)21(27)25-11-14-5-3-4-6-18(14)23/h3-10,12,26H,11H2,1-2H3,(H,25,27). The highest BCUT2D eigenvalue weighted by Crippen LogP contribution is 2.33. The second-order valence-corrected chi connectivity index (χ2v) is 6.57. The van der Waals surface area contributed by atoms with E-state index < -0.39 is 0 Å². The maximum absolute atomic E-state index is 13.7. The third-order valence-corrected chi connectivity index (χ3v) is 4.56. The van der Waals surface area contributed by atoms with Crippen LogP contribution in [0.15, 0.2) is 54.9 Å². The number of halogens is 2. The van der Waals surface area contributed by atoms with Gasteiger partial charge < -0.3 is 15.4 Å². The number of carbonyl (C=O) groups is 1. The van der Waals surface area contributed by atoms with Crippen molar-refractivity contribution in [2.24, 2.45) is 0 Å². The van der Waals surface area contributed by atoms with E-state index >= 15 is 0 Å². The van der Waals surface area contributed by atoms with Crippen molar-refractivity contribution in [3.8, 4) is 5.75 Å². The Bertz CT molecular complexity index is 1010. The van der Waals surface area contributed by atoms with Crippen LogP contribution < -0.4 is 15.4 Å². The van der Waals surface area contributed by atoms with Gasteiger partial charge in [0, 0.05) is 29.4 Å². The first kappa shape index (κ1) is 19.6. The normalized spacial score (nSPS) is 10.4. The Morgan fingerprint density at radius 1 is 1.21 bits per heavy atom. The van der Waals surface area contributed by atoms with Gasteiger partial charge in [-0.3, -0.25) is 9.78 Å². The van der Waals surface area contributed by atoms with Crippen molar-refractivity contribution in [1.82, 2.24) is 10.3 Å². The number of benzene rings is 2. The Hall–Kier alpha value is -3.12. The van der Waals surface area contributed by atoms with Gasteiger partial charge in [0.25, 0.3) is 5.91 Å². The molecular formula is C21H19ClFN3O2. The number of hydrogen-bond acceptors (Lipinski definition) is 4. The van der Waals surface area contributed by atoms with E-state index in [1.807, 2.05) is 13.0 Å². The van der Waals surface area contributed by atoms with Crippen LogP contribution in [0.25, 0.3) is 0 Å². The van der Waals surface area contributed by atoms with E-state index in [0.717, 1.165) is 5.56 Å². The van der Waals surface area contributed by atoms with Crippen molar-refractivity contribution in [2.75, 3.05) is 12.4 Å². The Morgan fingerprint density at radius 2 is 2.00 bits per heavy atom. The molecule has 0 saturated heterocycles. The smallest absolute Gasteiger partial charge is 0.253 e. The minimum absolute atomic E-state index is 0.0906. The number of nitrogens with zero attached hydrogens (tertiary/aromatic N) is 1. The molecule has 2 aromatic carbocycles. The highest BCUT2D eigenvalue weighted by molar-refractivity contribution is 6.31. The van der Waals surface area contributed by atoms with E-state index in [2.05, 4.69) is 15.6 Å². The molecule has 0 aliphatic rings. The second kappa shape index (κ2) is 8.71. The van der Waals surface area contributed by atoms with E-state index in [-0.39, 0.29) is 18.3 Å². The lowest BCUT2D eigenvalue weighted by atomic mass is 10.2. The molecule has 3 aromatic rings. The fraction of sp³-hybridized carbons (Fsp3) is 0.143. The number of pyridine rings is 1. The van der Waals surface area contributed by atoms with E-state index in [0.29, 0.717) is 33.3 Å². The molecule has 7 heteroatoms. The summed E-state index contributed by atoms with van der Waals surface area (Å²) in [5.74, 6) is -0.134. The van der Waals surface area contributed by atoms with Crippen molar-refractivity contribution in [3.63, 3.8) is 0 Å². The first-order valence-corrected chi connectivity index (χ1v) is 8.93. The van der Waals surface area contributed by atoms with Crippen molar-refractivity contribution < 1.29 is 13.9 Å². The Balaban J connectivity index is 1.74. The Labute approximate surface area is 167 Å². The average molecular weight is 400 g/mol. The van der Waals surface area contributed by atoms with E-state index in [4.69, 9.17) is 16.3 Å². The zero-order valence-corrected chi connectivity index (χ0v) is 16.2. The zero-order valence-electron chi connectivity index (χ0n) is 15.4. The van der Waals surface area contributed by atoms with Crippen LogP contribution in [0.1, 0.15) is 21.5 Å². The molecule has 144 valence electrons. The molecule has 1 heterocycles. The number of anilines is 2. The van der Waals surface area contributed by atoms with Crippen molar-refractivity contribution in [2.45, 2.75) is 13.5 Å². The van der Waals surface area contributed by atoms with Crippen LogP contribution >= 0.6 is 11.6 Å². The highest BCUT2D eigenvalue weighted by atomic mass is 35.5. The molecule has 1 amide bonds. The van der Waals surface area contributed by atoms with Crippen molar-refractivity contribution in [1.29, 1.82) is 0 Å². The van der Waals surface area contributed by atoms with Crippen molar-refractivity contribution >= 4 is 28.9 Å². The molecule has 0 saturated carbocycles. The van der Waals surface area contributed by atoms with Crippen LogP contribution in [0.3, 0.4) is 0 Å². The van der Waals surface area contributed by atoms with E-state index in [1.165, 1.54) is 12.3 Å². The van der Waals surface area contributed by atoms with Gasteiger partial charge in [0.1, 0.15) is 11.6 Å². The summed E-state index contributed by atoms with van der Waals surface area (Å²) in [5.41, 5.74) is 2.97. The number of carbonyl (C=O) groups excluding carboxylic acids is 1. The second-order valence-electron chi connectivity index (χ2n) is 6.16. The SMILES string of the molecule is COc1cc(Cl)c(C)cc1Nc1cncc(C(=O)NCc2ccccc2F)c1. The number of aromatic nitrogens is 1. The third kappa shape index (κ3) is 4.58. The number of methoxy groups -OCH3 is 1. The predicted octanol–water partition coefficient (Wildman–Crippen LogP) is 4.86. The van der Waals surface area contributed by atoms with Gasteiger partial charge in [-0.1, -0.05) is 29.8 Å². The van der Waals surface area contributed by atoms with E-state index in [1.54, 1.807) is 43.6 Å². The molecule has 0 atom stereocenters. The summed E-state index contributed by atoms with van der Waals surface area (Å²) in [6, 6.07) is 11.5. The molecule has 0 radical (unpaired) electrons. The molecule has 2 N–H and O–H groups in total. The summed E-state index contributed by atoms with van der Waals surface area (Å²) < 4.78 is 19.0. The summed E-state index contributed by atoms with van der Waals surface area (Å²) in [4.78, 5) is 16.5. The molecule has 0 spiro atoms. The van der Waals surface area contributed by atoms with Gasteiger partial charge in [0.2, 0.25) is 0 Å². The largest absolute Gasteiger partial charge is 0.495 e. The highest BCUT2D eigenvalue weighted by Gasteiger charge is 2.11. The Kier molecular flexibility index (Phi) is 6.11. The predicted molar refractivity (Wildman–Crippen MR) is 108 cm³/mol. The molecule has 0 aliphatic carbocycles. The number of nitrogens with one attached hydrogen (secondary N) is 2. The molecule has 0 unspecified atom stereocenters. The first-order chi connectivity index (χ1) is 13.5. The van der Waals surface area contributed by atoms with Gasteiger partial charge in [0.15, 0.2) is 0 Å². The Morgan fingerprint density at radius 3 is 2.75 bits per heavy atom. The number of rotatable bonds is 6. The molecular weight excluding hydrogens is 381 g/mol. The third-order valence-electron chi connectivity index (χ3n) is 4.16. The van der Waals surface area contributed by atoms with Gasteiger partial charge >= 0.3 is 0 Å². The summed E-state index contributed by atoms with van der Waals surface area (Å²) in [7, 11) is 1.55. The zero-order chi connectivity index (χ0) is 20.1. The number of hydrogen-bond donors (Lipinski definition) is 2. The molecule has 0 bridgehead atoms. The minimum Gasteiger partial charge on any atom is -0.495 e. The average Bonchev–Trinajstić information content (AvgIpc) is 2.70. The summed E-state index contributed by atoms with van der Waals surface area (Å²) >= 11 is 6.13. The molecule has 28 heavy (non-hydrogen) atoms. The summed E-state index contributed by atoms with van der Waals surface area (Å²) in [5, 5.41) is 6.48. The molecule has 3 rings (SSSR count). The van der Waals surface area contributed by atoms with Crippen LogP contribution in [-0.4, -0.2) is 18.0 Å². The quantitative estimate of drug-likeness (QED) is 0.621. The molecule has 5 nitrogen and oxygen atoms in total. The van der Waals surface area contributed by atoms with E-state index in [9.17, 15) is 9.18 Å². The van der Waals surface area contributed by atoms with Gasteiger partial charge in [-0.25, -0.2) is 4.39 Å². The summed E-state index contributed by atoms with van der Waals surface area (Å²) in [6.07, 6.45) is 3.04. The number of amides is 1. The fourth-order valence-electron chi connectivity index (χ4n) is 2.64. The van der Waals surface area contributed by atoms with Gasteiger partial charge in [-0.05, 0) is 30.7 Å². The lowest BCUT2D eigenvalue weighted by Gasteiger charge is -2.13.